The van der Waals surface area contributed by atoms with Crippen molar-refractivity contribution >= 4 is 6.09 Å². The van der Waals surface area contributed by atoms with Crippen molar-refractivity contribution in [3.05, 3.63) is 59.7 Å². The van der Waals surface area contributed by atoms with Crippen LogP contribution in [-0.4, -0.2) is 36.4 Å². The maximum atomic E-state index is 13.9. The molecule has 1 fully saturated rings. The molecule has 0 unspecified atom stereocenters. The minimum Gasteiger partial charge on any atom is -0.449 e. The lowest BCUT2D eigenvalue weighted by molar-refractivity contribution is -0.0837. The summed E-state index contributed by atoms with van der Waals surface area (Å²) in [7, 11) is 0. The van der Waals surface area contributed by atoms with Crippen molar-refractivity contribution in [2.24, 2.45) is 5.92 Å². The van der Waals surface area contributed by atoms with Gasteiger partial charge < -0.3 is 15.2 Å². The molecule has 2 aliphatic carbocycles. The number of ether oxygens (including phenoxy) is 1. The summed E-state index contributed by atoms with van der Waals surface area (Å²) < 4.78 is 33.1. The van der Waals surface area contributed by atoms with Crippen LogP contribution in [0.25, 0.3) is 11.1 Å². The molecule has 2 aromatic rings. The average molecular weight is 373 g/mol. The average Bonchev–Trinajstić information content (AvgIpc) is 3.47. The van der Waals surface area contributed by atoms with Crippen molar-refractivity contribution in [1.29, 1.82) is 0 Å². The van der Waals surface area contributed by atoms with Gasteiger partial charge in [0, 0.05) is 5.92 Å². The van der Waals surface area contributed by atoms with Gasteiger partial charge in [0.05, 0.1) is 0 Å². The molecule has 4 nitrogen and oxygen atoms in total. The number of nitrogens with one attached hydrogen (secondary N) is 1. The molecular weight excluding hydrogens is 352 g/mol. The molecule has 0 spiro atoms. The number of alkyl carbamates (subject to hydrolysis) is 1. The number of amides is 1. The largest absolute Gasteiger partial charge is 0.449 e. The third kappa shape index (κ3) is 3.41. The number of fused-ring (bicyclic) bond motifs is 3. The number of carbonyl (C=O) groups is 1. The lowest BCUT2D eigenvalue weighted by Gasteiger charge is -2.26. The second kappa shape index (κ2) is 6.93. The van der Waals surface area contributed by atoms with E-state index < -0.39 is 24.7 Å². The van der Waals surface area contributed by atoms with Gasteiger partial charge in [-0.15, -0.1) is 0 Å². The van der Waals surface area contributed by atoms with Crippen LogP contribution in [0.3, 0.4) is 0 Å². The Bertz CT molecular complexity index is 805. The van der Waals surface area contributed by atoms with Crippen molar-refractivity contribution in [1.82, 2.24) is 5.32 Å². The molecule has 2 aliphatic rings. The highest BCUT2D eigenvalue weighted by Gasteiger charge is 2.49. The SMILES string of the molecule is O=C(N[C@@H](C1CC1)C(F)(F)CO)OCC1c2ccccc2-c2ccccc21. The van der Waals surface area contributed by atoms with E-state index in [1.54, 1.807) is 0 Å². The molecule has 0 saturated heterocycles. The van der Waals surface area contributed by atoms with E-state index in [0.717, 1.165) is 22.3 Å². The molecule has 0 bridgehead atoms. The fourth-order valence-corrected chi connectivity index (χ4v) is 3.86. The van der Waals surface area contributed by atoms with E-state index in [2.05, 4.69) is 5.32 Å². The summed E-state index contributed by atoms with van der Waals surface area (Å²) in [4.78, 5) is 12.2. The fraction of sp³-hybridized carbons (Fsp3) is 0.381. The molecule has 1 atom stereocenters. The molecule has 142 valence electrons. The summed E-state index contributed by atoms with van der Waals surface area (Å²) in [5.74, 6) is -3.79. The number of carbonyl (C=O) groups excluding carboxylic acids is 1. The molecule has 4 rings (SSSR count). The summed E-state index contributed by atoms with van der Waals surface area (Å²) >= 11 is 0. The van der Waals surface area contributed by atoms with Crippen LogP contribution in [0.1, 0.15) is 29.9 Å². The topological polar surface area (TPSA) is 58.6 Å². The van der Waals surface area contributed by atoms with E-state index in [1.807, 2.05) is 48.5 Å². The minimum atomic E-state index is -3.35. The second-order valence-corrected chi connectivity index (χ2v) is 7.20. The van der Waals surface area contributed by atoms with Crippen molar-refractivity contribution in [3.63, 3.8) is 0 Å². The van der Waals surface area contributed by atoms with Gasteiger partial charge in [0.2, 0.25) is 0 Å². The summed E-state index contributed by atoms with van der Waals surface area (Å²) in [6.45, 7) is -1.22. The van der Waals surface area contributed by atoms with Crippen molar-refractivity contribution in [3.8, 4) is 11.1 Å². The van der Waals surface area contributed by atoms with E-state index in [0.29, 0.717) is 12.8 Å². The molecule has 0 aliphatic heterocycles. The highest BCUT2D eigenvalue weighted by atomic mass is 19.3. The summed E-state index contributed by atoms with van der Waals surface area (Å²) in [6.07, 6.45) is 0.357. The van der Waals surface area contributed by atoms with Gasteiger partial charge >= 0.3 is 6.09 Å². The maximum absolute atomic E-state index is 13.9. The first kappa shape index (κ1) is 17.9. The van der Waals surface area contributed by atoms with Gasteiger partial charge in [0.1, 0.15) is 19.3 Å². The molecule has 2 aromatic carbocycles. The number of benzene rings is 2. The Balaban J connectivity index is 1.46. The molecule has 2 N–H and O–H groups in total. The van der Waals surface area contributed by atoms with Gasteiger partial charge in [0.15, 0.2) is 0 Å². The lowest BCUT2D eigenvalue weighted by Crippen LogP contribution is -2.51. The zero-order valence-corrected chi connectivity index (χ0v) is 14.7. The van der Waals surface area contributed by atoms with Gasteiger partial charge in [-0.25, -0.2) is 13.6 Å². The van der Waals surface area contributed by atoms with Gasteiger partial charge in [-0.2, -0.15) is 0 Å². The molecule has 0 radical (unpaired) electrons. The van der Waals surface area contributed by atoms with E-state index in [9.17, 15) is 13.6 Å². The predicted octanol–water partition coefficient (Wildman–Crippen LogP) is 3.93. The first-order chi connectivity index (χ1) is 13.0. The van der Waals surface area contributed by atoms with Crippen LogP contribution in [0.4, 0.5) is 13.6 Å². The number of rotatable bonds is 6. The summed E-state index contributed by atoms with van der Waals surface area (Å²) in [6, 6.07) is 14.4. The van der Waals surface area contributed by atoms with Crippen molar-refractivity contribution in [2.45, 2.75) is 30.7 Å². The fourth-order valence-electron chi connectivity index (χ4n) is 3.86. The number of alkyl halides is 2. The number of halogens is 2. The second-order valence-electron chi connectivity index (χ2n) is 7.20. The summed E-state index contributed by atoms with van der Waals surface area (Å²) in [5, 5.41) is 11.2. The zero-order chi connectivity index (χ0) is 19.0. The maximum Gasteiger partial charge on any atom is 0.407 e. The number of hydrogen-bond acceptors (Lipinski definition) is 3. The molecule has 27 heavy (non-hydrogen) atoms. The van der Waals surface area contributed by atoms with Gasteiger partial charge in [-0.3, -0.25) is 0 Å². The van der Waals surface area contributed by atoms with Crippen LogP contribution in [0.15, 0.2) is 48.5 Å². The highest BCUT2D eigenvalue weighted by Crippen LogP contribution is 2.44. The quantitative estimate of drug-likeness (QED) is 0.807. The molecule has 0 heterocycles. The monoisotopic (exact) mass is 373 g/mol. The first-order valence-corrected chi connectivity index (χ1v) is 9.11. The Labute approximate surface area is 156 Å². The van der Waals surface area contributed by atoms with Crippen LogP contribution in [-0.2, 0) is 4.74 Å². The molecule has 1 saturated carbocycles. The Hall–Kier alpha value is -2.47. The summed E-state index contributed by atoms with van der Waals surface area (Å²) in [5.41, 5.74) is 4.33. The number of hydrogen-bond donors (Lipinski definition) is 2. The Morgan fingerprint density at radius 3 is 2.19 bits per heavy atom. The van der Waals surface area contributed by atoms with E-state index >= 15 is 0 Å². The third-order valence-corrected chi connectivity index (χ3v) is 5.38. The standard InChI is InChI=1S/C21H21F2NO3/c22-21(23,12-25)19(13-9-10-13)24-20(26)27-11-18-16-7-3-1-5-14(16)15-6-2-4-8-17(15)18/h1-8,13,18-19,25H,9-12H2,(H,24,26)/t19-/m0/s1. The Morgan fingerprint density at radius 2 is 1.67 bits per heavy atom. The van der Waals surface area contributed by atoms with Crippen LogP contribution < -0.4 is 5.32 Å². The normalized spacial score (nSPS) is 17.1. The molecular formula is C21H21F2NO3. The number of aliphatic hydroxyl groups excluding tert-OH is 1. The van der Waals surface area contributed by atoms with Crippen LogP contribution in [0.2, 0.25) is 0 Å². The van der Waals surface area contributed by atoms with Crippen molar-refractivity contribution < 1.29 is 23.4 Å². The van der Waals surface area contributed by atoms with Gasteiger partial charge in [-0.1, -0.05) is 48.5 Å². The lowest BCUT2D eigenvalue weighted by atomic mass is 9.98. The Kier molecular flexibility index (Phi) is 4.60. The smallest absolute Gasteiger partial charge is 0.407 e. The van der Waals surface area contributed by atoms with Crippen molar-refractivity contribution in [2.75, 3.05) is 13.2 Å². The zero-order valence-electron chi connectivity index (χ0n) is 14.7. The first-order valence-electron chi connectivity index (χ1n) is 9.11. The highest BCUT2D eigenvalue weighted by molar-refractivity contribution is 5.79. The van der Waals surface area contributed by atoms with E-state index in [1.165, 1.54) is 0 Å². The van der Waals surface area contributed by atoms with Crippen LogP contribution in [0, 0.1) is 5.92 Å². The number of aliphatic hydroxyl groups is 1. The van der Waals surface area contributed by atoms with Gasteiger partial charge in [-0.05, 0) is 41.0 Å². The minimum absolute atomic E-state index is 0.0714. The van der Waals surface area contributed by atoms with Crippen LogP contribution in [0.5, 0.6) is 0 Å². The Morgan fingerprint density at radius 1 is 1.11 bits per heavy atom. The molecule has 1 amide bonds. The van der Waals surface area contributed by atoms with Gasteiger partial charge in [0.25, 0.3) is 5.92 Å². The van der Waals surface area contributed by atoms with E-state index in [-0.39, 0.29) is 18.4 Å². The third-order valence-electron chi connectivity index (χ3n) is 5.38. The predicted molar refractivity (Wildman–Crippen MR) is 96.7 cm³/mol. The molecule has 0 aromatic heterocycles. The molecule has 6 heteroatoms. The van der Waals surface area contributed by atoms with Crippen LogP contribution >= 0.6 is 0 Å². The van der Waals surface area contributed by atoms with E-state index in [4.69, 9.17) is 9.84 Å².